The van der Waals surface area contributed by atoms with Gasteiger partial charge < -0.3 is 5.32 Å². The van der Waals surface area contributed by atoms with Gasteiger partial charge in [0.15, 0.2) is 0 Å². The second-order valence-corrected chi connectivity index (χ2v) is 4.83. The summed E-state index contributed by atoms with van der Waals surface area (Å²) in [4.78, 5) is 16.4. The number of fused-ring (bicyclic) bond motifs is 3. The molecule has 0 bridgehead atoms. The van der Waals surface area contributed by atoms with Crippen molar-refractivity contribution in [3.8, 4) is 11.3 Å². The number of hydrogen-bond acceptors (Lipinski definition) is 2. The van der Waals surface area contributed by atoms with Gasteiger partial charge in [0.05, 0.1) is 11.3 Å². The van der Waals surface area contributed by atoms with Crippen molar-refractivity contribution in [1.82, 2.24) is 14.3 Å². The van der Waals surface area contributed by atoms with Gasteiger partial charge in [-0.3, -0.25) is 14.2 Å². The van der Waals surface area contributed by atoms with Crippen LogP contribution < -0.4 is 5.32 Å². The number of nitrogens with zero attached hydrogens (tertiary/aromatic N) is 3. The third-order valence-corrected chi connectivity index (χ3v) is 3.44. The highest BCUT2D eigenvalue weighted by Crippen LogP contribution is 2.34. The highest BCUT2D eigenvalue weighted by Gasteiger charge is 2.27. The lowest BCUT2D eigenvalue weighted by atomic mass is 10.2. The summed E-state index contributed by atoms with van der Waals surface area (Å²) in [5.74, 6) is 0.475. The number of carbonyl (C=O) groups is 1. The molecule has 1 aliphatic carbocycles. The molecule has 0 atom stereocenters. The molecule has 1 N–H and O–H groups in total. The quantitative estimate of drug-likeness (QED) is 0.594. The second-order valence-electron chi connectivity index (χ2n) is 4.83. The maximum atomic E-state index is 12.3. The highest BCUT2D eigenvalue weighted by atomic mass is 16.1. The van der Waals surface area contributed by atoms with Crippen LogP contribution in [0.5, 0.6) is 0 Å². The molecule has 4 rings (SSSR count). The SMILES string of the molecule is Cc1ccnc(NC(=O)c2ccc3n4n(cc2-3)C4)c1. The van der Waals surface area contributed by atoms with Gasteiger partial charge in [-0.1, -0.05) is 0 Å². The molecule has 5 heteroatoms. The summed E-state index contributed by atoms with van der Waals surface area (Å²) in [5, 5.41) is 2.84. The zero-order valence-electron chi connectivity index (χ0n) is 10.4. The predicted molar refractivity (Wildman–Crippen MR) is 71.4 cm³/mol. The normalized spacial score (nSPS) is 12.5. The van der Waals surface area contributed by atoms with Gasteiger partial charge in [-0.15, -0.1) is 0 Å². The van der Waals surface area contributed by atoms with Crippen LogP contribution in [0.25, 0.3) is 11.3 Å². The van der Waals surface area contributed by atoms with E-state index in [0.717, 1.165) is 23.5 Å². The molecule has 0 saturated carbocycles. The number of aryl methyl sites for hydroxylation is 1. The molecule has 1 aromatic rings. The standard InChI is InChI=1S/C14H12N4O/c1-9-4-5-15-13(6-9)16-14(19)10-2-3-12-11(10)7-17-8-18(12)17/h2-7H,8H2,1H3,(H,15,16,19). The van der Waals surface area contributed by atoms with Crippen LogP contribution in [-0.2, 0) is 6.67 Å². The molecule has 2 aliphatic heterocycles. The third-order valence-electron chi connectivity index (χ3n) is 3.44. The minimum atomic E-state index is -0.112. The Morgan fingerprint density at radius 2 is 2.26 bits per heavy atom. The van der Waals surface area contributed by atoms with E-state index >= 15 is 0 Å². The summed E-state index contributed by atoms with van der Waals surface area (Å²) in [7, 11) is 0. The van der Waals surface area contributed by atoms with Crippen LogP contribution in [0.2, 0.25) is 0 Å². The Morgan fingerprint density at radius 1 is 1.37 bits per heavy atom. The summed E-state index contributed by atoms with van der Waals surface area (Å²) in [6, 6.07) is 7.60. The lowest BCUT2D eigenvalue weighted by Gasteiger charge is -2.04. The van der Waals surface area contributed by atoms with E-state index in [1.165, 1.54) is 0 Å². The zero-order valence-corrected chi connectivity index (χ0v) is 10.4. The minimum Gasteiger partial charge on any atom is -0.307 e. The van der Waals surface area contributed by atoms with Crippen LogP contribution in [0.3, 0.4) is 0 Å². The first kappa shape index (κ1) is 10.4. The van der Waals surface area contributed by atoms with Gasteiger partial charge >= 0.3 is 0 Å². The van der Waals surface area contributed by atoms with E-state index in [4.69, 9.17) is 0 Å². The van der Waals surface area contributed by atoms with E-state index in [1.54, 1.807) is 6.20 Å². The number of anilines is 1. The van der Waals surface area contributed by atoms with E-state index in [1.807, 2.05) is 37.4 Å². The summed E-state index contributed by atoms with van der Waals surface area (Å²) in [6.45, 7) is 2.90. The van der Waals surface area contributed by atoms with Crippen molar-refractivity contribution < 1.29 is 4.79 Å². The molecule has 0 saturated heterocycles. The molecule has 0 radical (unpaired) electrons. The van der Waals surface area contributed by atoms with E-state index in [2.05, 4.69) is 19.7 Å². The van der Waals surface area contributed by atoms with E-state index in [-0.39, 0.29) is 5.91 Å². The van der Waals surface area contributed by atoms with E-state index < -0.39 is 0 Å². The number of pyridine rings is 1. The van der Waals surface area contributed by atoms with Crippen molar-refractivity contribution in [3.63, 3.8) is 0 Å². The smallest absolute Gasteiger partial charge is 0.257 e. The van der Waals surface area contributed by atoms with Gasteiger partial charge in [-0.25, -0.2) is 4.98 Å². The highest BCUT2D eigenvalue weighted by molar-refractivity contribution is 6.09. The van der Waals surface area contributed by atoms with Gasteiger partial charge in [0.25, 0.3) is 5.91 Å². The Balaban J connectivity index is 1.64. The van der Waals surface area contributed by atoms with Crippen molar-refractivity contribution in [3.05, 3.63) is 47.8 Å². The van der Waals surface area contributed by atoms with Crippen LogP contribution in [0.15, 0.2) is 36.7 Å². The van der Waals surface area contributed by atoms with Crippen LogP contribution >= 0.6 is 0 Å². The largest absolute Gasteiger partial charge is 0.307 e. The van der Waals surface area contributed by atoms with Gasteiger partial charge in [0.2, 0.25) is 0 Å². The van der Waals surface area contributed by atoms with Crippen molar-refractivity contribution in [2.24, 2.45) is 0 Å². The van der Waals surface area contributed by atoms with Crippen LogP contribution in [-0.4, -0.2) is 20.3 Å². The summed E-state index contributed by atoms with van der Waals surface area (Å²) in [5.41, 5.74) is 3.88. The molecule has 0 aromatic carbocycles. The average molecular weight is 252 g/mol. The van der Waals surface area contributed by atoms with Gasteiger partial charge in [0, 0.05) is 18.0 Å². The summed E-state index contributed by atoms with van der Waals surface area (Å²) in [6.07, 6.45) is 3.70. The fourth-order valence-electron chi connectivity index (χ4n) is 2.41. The molecule has 1 aromatic heterocycles. The second kappa shape index (κ2) is 3.47. The number of carbonyl (C=O) groups excluding carboxylic acids is 1. The van der Waals surface area contributed by atoms with Crippen molar-refractivity contribution in [1.29, 1.82) is 0 Å². The topological polar surface area (TPSA) is 51.9 Å². The number of amides is 1. The van der Waals surface area contributed by atoms with Crippen LogP contribution in [0.1, 0.15) is 15.9 Å². The lowest BCUT2D eigenvalue weighted by Crippen LogP contribution is -2.12. The maximum Gasteiger partial charge on any atom is 0.257 e. The Morgan fingerprint density at radius 3 is 3.11 bits per heavy atom. The van der Waals surface area contributed by atoms with E-state index in [0.29, 0.717) is 11.4 Å². The third kappa shape index (κ3) is 1.55. The molecule has 0 fully saturated rings. The predicted octanol–water partition coefficient (Wildman–Crippen LogP) is 2.17. The Kier molecular flexibility index (Phi) is 1.90. The fourth-order valence-corrected chi connectivity index (χ4v) is 2.41. The van der Waals surface area contributed by atoms with Gasteiger partial charge in [-0.2, -0.15) is 0 Å². The van der Waals surface area contributed by atoms with Crippen molar-refractivity contribution >= 4 is 11.7 Å². The van der Waals surface area contributed by atoms with Crippen LogP contribution in [0, 0.1) is 6.92 Å². The number of rotatable bonds is 2. The maximum absolute atomic E-state index is 12.3. The van der Waals surface area contributed by atoms with Crippen molar-refractivity contribution in [2.75, 3.05) is 5.32 Å². The first-order chi connectivity index (χ1) is 9.22. The van der Waals surface area contributed by atoms with Crippen molar-refractivity contribution in [2.45, 2.75) is 13.6 Å². The number of hydrogen-bond donors (Lipinski definition) is 1. The molecular weight excluding hydrogens is 240 g/mol. The molecule has 1 amide bonds. The van der Waals surface area contributed by atoms with Gasteiger partial charge in [0.1, 0.15) is 12.5 Å². The molecule has 0 spiro atoms. The Bertz CT molecular complexity index is 768. The lowest BCUT2D eigenvalue weighted by molar-refractivity contribution is 0.102. The molecule has 3 heterocycles. The zero-order chi connectivity index (χ0) is 13.0. The molecule has 0 unspecified atom stereocenters. The summed E-state index contributed by atoms with van der Waals surface area (Å²) >= 11 is 0. The molecule has 94 valence electrons. The number of aromatic nitrogens is 3. The number of nitrogens with one attached hydrogen (secondary N) is 1. The van der Waals surface area contributed by atoms with E-state index in [9.17, 15) is 4.79 Å². The van der Waals surface area contributed by atoms with Gasteiger partial charge in [-0.05, 0) is 36.8 Å². The molecule has 19 heavy (non-hydrogen) atoms. The first-order valence-electron chi connectivity index (χ1n) is 6.15. The molecular formula is C14H12N4O. The molecule has 5 nitrogen and oxygen atoms in total. The molecule has 3 aliphatic rings. The Hall–Kier alpha value is -2.56. The fraction of sp³-hybridized carbons (Fsp3) is 0.143. The first-order valence-corrected chi connectivity index (χ1v) is 6.15. The minimum absolute atomic E-state index is 0.112. The Labute approximate surface area is 109 Å². The average Bonchev–Trinajstić information content (AvgIpc) is 2.86. The monoisotopic (exact) mass is 252 g/mol. The van der Waals surface area contributed by atoms with Crippen LogP contribution in [0.4, 0.5) is 5.82 Å². The summed E-state index contributed by atoms with van der Waals surface area (Å²) < 4.78 is 4.20.